The molecule has 1 aromatic rings. The van der Waals surface area contributed by atoms with E-state index in [1.807, 2.05) is 6.92 Å². The van der Waals surface area contributed by atoms with Gasteiger partial charge in [0.15, 0.2) is 0 Å². The van der Waals surface area contributed by atoms with Gasteiger partial charge >= 0.3 is 5.97 Å². The van der Waals surface area contributed by atoms with Crippen molar-refractivity contribution in [1.29, 1.82) is 0 Å². The van der Waals surface area contributed by atoms with E-state index < -0.39 is 5.97 Å². The van der Waals surface area contributed by atoms with Gasteiger partial charge in [0, 0.05) is 16.6 Å². The lowest BCUT2D eigenvalue weighted by atomic mass is 9.88. The number of carbonyl (C=O) groups is 2. The third-order valence-electron chi connectivity index (χ3n) is 3.61. The second kappa shape index (κ2) is 6.24. The summed E-state index contributed by atoms with van der Waals surface area (Å²) < 4.78 is 0. The SMILES string of the molecule is CC(C(=O)N(CC(=O)O)c1ccc(Cl)cc1)C1CNC1. The van der Waals surface area contributed by atoms with Crippen LogP contribution >= 0.6 is 11.6 Å². The zero-order valence-electron chi connectivity index (χ0n) is 11.2. The highest BCUT2D eigenvalue weighted by molar-refractivity contribution is 6.30. The van der Waals surface area contributed by atoms with E-state index in [9.17, 15) is 9.59 Å². The van der Waals surface area contributed by atoms with Crippen molar-refractivity contribution in [3.05, 3.63) is 29.3 Å². The lowest BCUT2D eigenvalue weighted by Gasteiger charge is -2.34. The lowest BCUT2D eigenvalue weighted by molar-refractivity contribution is -0.137. The van der Waals surface area contributed by atoms with Crippen molar-refractivity contribution in [2.45, 2.75) is 6.92 Å². The van der Waals surface area contributed by atoms with Gasteiger partial charge in [-0.25, -0.2) is 0 Å². The second-order valence-corrected chi connectivity index (χ2v) is 5.44. The maximum Gasteiger partial charge on any atom is 0.323 e. The van der Waals surface area contributed by atoms with Gasteiger partial charge in [0.2, 0.25) is 5.91 Å². The number of nitrogens with one attached hydrogen (secondary N) is 1. The molecule has 0 bridgehead atoms. The largest absolute Gasteiger partial charge is 0.480 e. The standard InChI is InChI=1S/C14H17ClN2O3/c1-9(10-6-16-7-10)14(20)17(8-13(18)19)12-4-2-11(15)3-5-12/h2-5,9-10,16H,6-8H2,1H3,(H,18,19). The Kier molecular flexibility index (Phi) is 4.62. The van der Waals surface area contributed by atoms with Crippen molar-refractivity contribution in [3.63, 3.8) is 0 Å². The maximum absolute atomic E-state index is 12.5. The van der Waals surface area contributed by atoms with Gasteiger partial charge in [0.25, 0.3) is 0 Å². The number of hydrogen-bond acceptors (Lipinski definition) is 3. The highest BCUT2D eigenvalue weighted by Crippen LogP contribution is 2.24. The fourth-order valence-electron chi connectivity index (χ4n) is 2.16. The lowest BCUT2D eigenvalue weighted by Crippen LogP contribution is -2.51. The summed E-state index contributed by atoms with van der Waals surface area (Å²) in [5.74, 6) is -1.13. The Labute approximate surface area is 122 Å². The molecule has 1 saturated heterocycles. The van der Waals surface area contributed by atoms with Gasteiger partial charge in [-0.15, -0.1) is 0 Å². The Morgan fingerprint density at radius 3 is 2.45 bits per heavy atom. The van der Waals surface area contributed by atoms with Crippen molar-refractivity contribution >= 4 is 29.2 Å². The molecule has 1 atom stereocenters. The average Bonchev–Trinajstić information content (AvgIpc) is 2.34. The molecule has 2 N–H and O–H groups in total. The molecule has 1 fully saturated rings. The number of anilines is 1. The van der Waals surface area contributed by atoms with E-state index in [1.165, 1.54) is 4.90 Å². The Bertz CT molecular complexity index is 500. The maximum atomic E-state index is 12.5. The molecule has 0 aliphatic carbocycles. The summed E-state index contributed by atoms with van der Waals surface area (Å²) in [6, 6.07) is 6.62. The van der Waals surface area contributed by atoms with E-state index in [2.05, 4.69) is 5.32 Å². The smallest absolute Gasteiger partial charge is 0.323 e. The first kappa shape index (κ1) is 14.8. The average molecular weight is 297 g/mol. The van der Waals surface area contributed by atoms with Crippen molar-refractivity contribution < 1.29 is 14.7 Å². The number of carbonyl (C=O) groups excluding carboxylic acids is 1. The van der Waals surface area contributed by atoms with Crippen LogP contribution in [0.25, 0.3) is 0 Å². The number of carboxylic acids is 1. The van der Waals surface area contributed by atoms with Gasteiger partial charge in [0.05, 0.1) is 0 Å². The Balaban J connectivity index is 2.19. The number of benzene rings is 1. The molecule has 0 saturated carbocycles. The third kappa shape index (κ3) is 3.29. The summed E-state index contributed by atoms with van der Waals surface area (Å²) in [6.07, 6.45) is 0. The summed E-state index contributed by atoms with van der Waals surface area (Å²) in [6.45, 7) is 3.10. The first-order valence-corrected chi connectivity index (χ1v) is 6.86. The highest BCUT2D eigenvalue weighted by Gasteiger charge is 2.32. The molecule has 1 unspecified atom stereocenters. The zero-order valence-corrected chi connectivity index (χ0v) is 11.9. The first-order chi connectivity index (χ1) is 9.49. The predicted molar refractivity (Wildman–Crippen MR) is 77.0 cm³/mol. The molecule has 0 aromatic heterocycles. The second-order valence-electron chi connectivity index (χ2n) is 5.00. The summed E-state index contributed by atoms with van der Waals surface area (Å²) in [7, 11) is 0. The molecule has 20 heavy (non-hydrogen) atoms. The summed E-state index contributed by atoms with van der Waals surface area (Å²) in [4.78, 5) is 24.8. The summed E-state index contributed by atoms with van der Waals surface area (Å²) >= 11 is 5.82. The number of rotatable bonds is 5. The van der Waals surface area contributed by atoms with Gasteiger partial charge in [-0.1, -0.05) is 18.5 Å². The van der Waals surface area contributed by atoms with E-state index >= 15 is 0 Å². The molecular weight excluding hydrogens is 280 g/mol. The molecule has 0 spiro atoms. The van der Waals surface area contributed by atoms with E-state index in [4.69, 9.17) is 16.7 Å². The van der Waals surface area contributed by atoms with E-state index in [0.717, 1.165) is 13.1 Å². The Morgan fingerprint density at radius 2 is 2.00 bits per heavy atom. The van der Waals surface area contributed by atoms with Crippen LogP contribution in [-0.2, 0) is 9.59 Å². The summed E-state index contributed by atoms with van der Waals surface area (Å²) in [5.41, 5.74) is 0.556. The van der Waals surface area contributed by atoms with Gasteiger partial charge in [-0.3, -0.25) is 9.59 Å². The molecule has 0 radical (unpaired) electrons. The van der Waals surface area contributed by atoms with Crippen LogP contribution in [0.1, 0.15) is 6.92 Å². The van der Waals surface area contributed by atoms with Gasteiger partial charge < -0.3 is 15.3 Å². The molecule has 1 aliphatic rings. The number of carboxylic acid groups (broad SMARTS) is 1. The minimum atomic E-state index is -1.03. The number of hydrogen-bond donors (Lipinski definition) is 2. The minimum Gasteiger partial charge on any atom is -0.480 e. The van der Waals surface area contributed by atoms with Crippen molar-refractivity contribution in [1.82, 2.24) is 5.32 Å². The number of halogens is 1. The van der Waals surface area contributed by atoms with Crippen LogP contribution in [0.15, 0.2) is 24.3 Å². The monoisotopic (exact) mass is 296 g/mol. The minimum absolute atomic E-state index is 0.166. The van der Waals surface area contributed by atoms with Gasteiger partial charge in [-0.05, 0) is 43.3 Å². The van der Waals surface area contributed by atoms with E-state index in [-0.39, 0.29) is 24.3 Å². The van der Waals surface area contributed by atoms with Crippen molar-refractivity contribution in [3.8, 4) is 0 Å². The number of amides is 1. The molecule has 1 aromatic carbocycles. The van der Waals surface area contributed by atoms with Crippen LogP contribution in [0.2, 0.25) is 5.02 Å². The molecule has 1 aliphatic heterocycles. The van der Waals surface area contributed by atoms with E-state index in [0.29, 0.717) is 10.7 Å². The Morgan fingerprint density at radius 1 is 1.40 bits per heavy atom. The quantitative estimate of drug-likeness (QED) is 0.866. The van der Waals surface area contributed by atoms with Crippen LogP contribution in [0.3, 0.4) is 0 Å². The van der Waals surface area contributed by atoms with Crippen molar-refractivity contribution in [2.24, 2.45) is 11.8 Å². The molecule has 108 valence electrons. The van der Waals surface area contributed by atoms with Crippen molar-refractivity contribution in [2.75, 3.05) is 24.5 Å². The molecule has 1 amide bonds. The topological polar surface area (TPSA) is 69.6 Å². The van der Waals surface area contributed by atoms with Gasteiger partial charge in [-0.2, -0.15) is 0 Å². The predicted octanol–water partition coefficient (Wildman–Crippen LogP) is 1.61. The molecule has 2 rings (SSSR count). The molecular formula is C14H17ClN2O3. The van der Waals surface area contributed by atoms with E-state index in [1.54, 1.807) is 24.3 Å². The van der Waals surface area contributed by atoms with Crippen LogP contribution in [0, 0.1) is 11.8 Å². The molecule has 6 heteroatoms. The number of aliphatic carboxylic acids is 1. The molecule has 5 nitrogen and oxygen atoms in total. The van der Waals surface area contributed by atoms with Crippen LogP contribution in [0.4, 0.5) is 5.69 Å². The van der Waals surface area contributed by atoms with Crippen LogP contribution < -0.4 is 10.2 Å². The van der Waals surface area contributed by atoms with Gasteiger partial charge in [0.1, 0.15) is 6.54 Å². The zero-order chi connectivity index (χ0) is 14.7. The third-order valence-corrected chi connectivity index (χ3v) is 3.86. The van der Waals surface area contributed by atoms with Crippen LogP contribution in [-0.4, -0.2) is 36.6 Å². The molecule has 1 heterocycles. The van der Waals surface area contributed by atoms with Crippen LogP contribution in [0.5, 0.6) is 0 Å². The fraction of sp³-hybridized carbons (Fsp3) is 0.429. The Hall–Kier alpha value is -1.59. The summed E-state index contributed by atoms with van der Waals surface area (Å²) in [5, 5.41) is 12.7. The first-order valence-electron chi connectivity index (χ1n) is 6.48. The normalized spacial score (nSPS) is 16.3. The fourth-order valence-corrected chi connectivity index (χ4v) is 2.29. The number of nitrogens with zero attached hydrogens (tertiary/aromatic N) is 1. The highest BCUT2D eigenvalue weighted by atomic mass is 35.5.